The number of hydrogen-bond donors (Lipinski definition) is 3. The Bertz CT molecular complexity index is 817. The summed E-state index contributed by atoms with van der Waals surface area (Å²) in [7, 11) is -4.10. The smallest absolute Gasteiger partial charge is 0.297 e. The van der Waals surface area contributed by atoms with E-state index < -0.39 is 53.3 Å². The maximum Gasteiger partial charge on any atom is 0.297 e. The van der Waals surface area contributed by atoms with Crippen molar-refractivity contribution in [2.45, 2.75) is 49.4 Å². The van der Waals surface area contributed by atoms with E-state index in [1.165, 1.54) is 19.1 Å². The molecule has 28 heavy (non-hydrogen) atoms. The number of aliphatic hydroxyl groups excluding tert-OH is 2. The molecule has 0 aromatic heterocycles. The number of aryl methyl sites for hydroxylation is 1. The van der Waals surface area contributed by atoms with Crippen molar-refractivity contribution >= 4 is 16.0 Å². The molecule has 1 aliphatic rings. The number of rotatable bonds is 7. The van der Waals surface area contributed by atoms with Crippen LogP contribution >= 0.6 is 0 Å². The second-order valence-electron chi connectivity index (χ2n) is 6.32. The van der Waals surface area contributed by atoms with Gasteiger partial charge in [0, 0.05) is 6.92 Å². The Labute approximate surface area is 163 Å². The summed E-state index contributed by atoms with van der Waals surface area (Å²) in [5, 5.41) is 23.0. The number of hydrogen-bond acceptors (Lipinski definition) is 8. The molecule has 0 radical (unpaired) electrons. The first kappa shape index (κ1) is 22.3. The monoisotopic (exact) mass is 413 g/mol. The first-order chi connectivity index (χ1) is 13.2. The highest BCUT2D eigenvalue weighted by Gasteiger charge is 2.46. The topological polar surface area (TPSA) is 131 Å². The van der Waals surface area contributed by atoms with E-state index in [1.54, 1.807) is 12.1 Å². The standard InChI is InChI=1S/C18H23NO8S/c1-4-9-25-18-15(19-12(3)20)17(22)16(21)14(27-18)10-26-28(23,24)13-7-5-11(2)6-8-13/h1,5-8,14-18,21-22H,9-10H2,2-3H3,(H,19,20)/t14-,15-,16-,17-,18+/m1/s1. The average Bonchev–Trinajstić information content (AvgIpc) is 2.64. The van der Waals surface area contributed by atoms with E-state index in [4.69, 9.17) is 20.1 Å². The Morgan fingerprint density at radius 1 is 1.29 bits per heavy atom. The van der Waals surface area contributed by atoms with E-state index in [0.717, 1.165) is 5.56 Å². The number of carbonyl (C=O) groups is 1. The van der Waals surface area contributed by atoms with Gasteiger partial charge in [0.15, 0.2) is 6.29 Å². The van der Waals surface area contributed by atoms with E-state index in [9.17, 15) is 23.4 Å². The number of benzene rings is 1. The largest absolute Gasteiger partial charge is 0.388 e. The van der Waals surface area contributed by atoms with Gasteiger partial charge < -0.3 is 25.0 Å². The highest BCUT2D eigenvalue weighted by Crippen LogP contribution is 2.24. The van der Waals surface area contributed by atoms with Crippen molar-refractivity contribution in [3.05, 3.63) is 29.8 Å². The summed E-state index contributed by atoms with van der Waals surface area (Å²) in [6.45, 7) is 2.28. The van der Waals surface area contributed by atoms with Gasteiger partial charge in [0.2, 0.25) is 5.91 Å². The zero-order valence-corrected chi connectivity index (χ0v) is 16.3. The minimum atomic E-state index is -4.10. The highest BCUT2D eigenvalue weighted by molar-refractivity contribution is 7.86. The number of nitrogens with one attached hydrogen (secondary N) is 1. The van der Waals surface area contributed by atoms with Crippen LogP contribution in [0.25, 0.3) is 0 Å². The van der Waals surface area contributed by atoms with E-state index in [2.05, 4.69) is 11.2 Å². The van der Waals surface area contributed by atoms with Crippen LogP contribution in [-0.2, 0) is 28.6 Å². The van der Waals surface area contributed by atoms with Gasteiger partial charge in [-0.05, 0) is 19.1 Å². The molecule has 0 unspecified atom stereocenters. The number of aliphatic hydroxyl groups is 2. The molecule has 0 aliphatic carbocycles. The lowest BCUT2D eigenvalue weighted by Crippen LogP contribution is -2.64. The fourth-order valence-corrected chi connectivity index (χ4v) is 3.58. The molecule has 1 heterocycles. The first-order valence-electron chi connectivity index (χ1n) is 8.45. The number of amides is 1. The van der Waals surface area contributed by atoms with Crippen LogP contribution in [0.4, 0.5) is 0 Å². The van der Waals surface area contributed by atoms with Crippen LogP contribution in [0.5, 0.6) is 0 Å². The molecule has 1 aromatic rings. The molecular formula is C18H23NO8S. The summed E-state index contributed by atoms with van der Waals surface area (Å²) >= 11 is 0. The predicted octanol–water partition coefficient (Wildman–Crippen LogP) is -0.698. The van der Waals surface area contributed by atoms with Gasteiger partial charge in [-0.2, -0.15) is 8.42 Å². The molecule has 0 bridgehead atoms. The van der Waals surface area contributed by atoms with Gasteiger partial charge in [0.25, 0.3) is 10.1 Å². The molecule has 10 heteroatoms. The zero-order valence-electron chi connectivity index (χ0n) is 15.4. The second kappa shape index (κ2) is 9.47. The van der Waals surface area contributed by atoms with Crippen LogP contribution in [0.2, 0.25) is 0 Å². The molecule has 1 fully saturated rings. The fraction of sp³-hybridized carbons (Fsp3) is 0.500. The number of ether oxygens (including phenoxy) is 2. The Kier molecular flexibility index (Phi) is 7.54. The fourth-order valence-electron chi connectivity index (χ4n) is 2.66. The second-order valence-corrected chi connectivity index (χ2v) is 7.93. The van der Waals surface area contributed by atoms with Crippen molar-refractivity contribution in [1.82, 2.24) is 5.32 Å². The van der Waals surface area contributed by atoms with Crippen LogP contribution in [0, 0.1) is 19.3 Å². The minimum absolute atomic E-state index is 0.0554. The van der Waals surface area contributed by atoms with Crippen LogP contribution in [0.3, 0.4) is 0 Å². The summed E-state index contributed by atoms with van der Waals surface area (Å²) in [6.07, 6.45) is -0.309. The Morgan fingerprint density at radius 3 is 2.50 bits per heavy atom. The van der Waals surface area contributed by atoms with Crippen molar-refractivity contribution in [2.75, 3.05) is 13.2 Å². The predicted molar refractivity (Wildman–Crippen MR) is 97.4 cm³/mol. The van der Waals surface area contributed by atoms with E-state index in [0.29, 0.717) is 0 Å². The molecule has 1 amide bonds. The Balaban J connectivity index is 2.11. The van der Waals surface area contributed by atoms with Crippen molar-refractivity contribution < 1.29 is 37.1 Å². The average molecular weight is 413 g/mol. The quantitative estimate of drug-likeness (QED) is 0.395. The highest BCUT2D eigenvalue weighted by atomic mass is 32.2. The van der Waals surface area contributed by atoms with Crippen LogP contribution < -0.4 is 5.32 Å². The Morgan fingerprint density at radius 2 is 1.93 bits per heavy atom. The SMILES string of the molecule is C#CCO[C@H]1O[C@H](COS(=O)(=O)c2ccc(C)cc2)[C@@H](O)[C@H](O)[C@H]1NC(C)=O. The van der Waals surface area contributed by atoms with Gasteiger partial charge in [-0.25, -0.2) is 0 Å². The lowest BCUT2D eigenvalue weighted by Gasteiger charge is -2.42. The van der Waals surface area contributed by atoms with Gasteiger partial charge in [-0.15, -0.1) is 6.42 Å². The molecule has 0 saturated carbocycles. The maximum atomic E-state index is 12.3. The molecule has 5 atom stereocenters. The normalized spacial score (nSPS) is 27.8. The van der Waals surface area contributed by atoms with Crippen molar-refractivity contribution in [1.29, 1.82) is 0 Å². The third kappa shape index (κ3) is 5.51. The lowest BCUT2D eigenvalue weighted by molar-refractivity contribution is -0.265. The van der Waals surface area contributed by atoms with Crippen LogP contribution in [-0.4, -0.2) is 68.4 Å². The Hall–Kier alpha value is -2.00. The zero-order chi connectivity index (χ0) is 20.9. The summed E-state index contributed by atoms with van der Waals surface area (Å²) in [6, 6.07) is 4.93. The summed E-state index contributed by atoms with van der Waals surface area (Å²) in [4.78, 5) is 11.3. The molecule has 3 N–H and O–H groups in total. The van der Waals surface area contributed by atoms with Gasteiger partial charge in [-0.1, -0.05) is 23.6 Å². The van der Waals surface area contributed by atoms with Gasteiger partial charge >= 0.3 is 0 Å². The molecule has 9 nitrogen and oxygen atoms in total. The molecule has 1 aromatic carbocycles. The van der Waals surface area contributed by atoms with Crippen molar-refractivity contribution in [2.24, 2.45) is 0 Å². The third-order valence-corrected chi connectivity index (χ3v) is 5.39. The van der Waals surface area contributed by atoms with Crippen molar-refractivity contribution in [3.63, 3.8) is 0 Å². The minimum Gasteiger partial charge on any atom is -0.388 e. The van der Waals surface area contributed by atoms with Gasteiger partial charge in [0.05, 0.1) is 11.5 Å². The first-order valence-corrected chi connectivity index (χ1v) is 9.86. The molecule has 2 rings (SSSR count). The van der Waals surface area contributed by atoms with Crippen molar-refractivity contribution in [3.8, 4) is 12.3 Å². The van der Waals surface area contributed by atoms with E-state index in [-0.39, 0.29) is 11.5 Å². The van der Waals surface area contributed by atoms with Gasteiger partial charge in [0.1, 0.15) is 31.0 Å². The molecule has 154 valence electrons. The van der Waals surface area contributed by atoms with E-state index in [1.807, 2.05) is 6.92 Å². The number of carbonyl (C=O) groups excluding carboxylic acids is 1. The lowest BCUT2D eigenvalue weighted by atomic mass is 9.97. The molecular weight excluding hydrogens is 390 g/mol. The van der Waals surface area contributed by atoms with Crippen LogP contribution in [0.15, 0.2) is 29.2 Å². The molecule has 1 saturated heterocycles. The summed E-state index contributed by atoms with van der Waals surface area (Å²) in [5.41, 5.74) is 0.880. The van der Waals surface area contributed by atoms with Crippen LogP contribution in [0.1, 0.15) is 12.5 Å². The maximum absolute atomic E-state index is 12.3. The number of terminal acetylenes is 1. The molecule has 0 spiro atoms. The summed E-state index contributed by atoms with van der Waals surface area (Å²) in [5.74, 6) is 1.75. The molecule has 1 aliphatic heterocycles. The van der Waals surface area contributed by atoms with E-state index >= 15 is 0 Å². The van der Waals surface area contributed by atoms with Gasteiger partial charge in [-0.3, -0.25) is 8.98 Å². The summed E-state index contributed by atoms with van der Waals surface area (Å²) < 4.78 is 40.4. The third-order valence-electron chi connectivity index (χ3n) is 4.10.